The van der Waals surface area contributed by atoms with Crippen molar-refractivity contribution in [2.75, 3.05) is 19.0 Å². The molecule has 2 amide bonds. The number of carbonyl (C=O) groups excluding carboxylic acids is 3. The predicted molar refractivity (Wildman–Crippen MR) is 144 cm³/mol. The normalized spacial score (nSPS) is 24.7. The van der Waals surface area contributed by atoms with Crippen molar-refractivity contribution in [3.63, 3.8) is 0 Å². The number of esters is 1. The van der Waals surface area contributed by atoms with Crippen molar-refractivity contribution in [3.8, 4) is 0 Å². The molecule has 0 unspecified atom stereocenters. The van der Waals surface area contributed by atoms with E-state index in [1.807, 2.05) is 13.8 Å². The first kappa shape index (κ1) is 26.5. The van der Waals surface area contributed by atoms with Gasteiger partial charge in [0.1, 0.15) is 18.2 Å². The van der Waals surface area contributed by atoms with Crippen LogP contribution in [0.5, 0.6) is 0 Å². The number of hydrogen-bond acceptors (Lipinski definition) is 8. The SMILES string of the molecule is CC[C@H](C)[C@@H]1Nc2nc(cs2)CCCCc2cccc3c2CN(C3)C(=O)O[C@@H]2C[C@@H](C(=O)OC)N(C2)C1=O. The molecule has 0 aliphatic carbocycles. The third kappa shape index (κ3) is 5.36. The molecule has 5 rings (SSSR count). The molecule has 0 saturated carbocycles. The number of thiazole rings is 1. The summed E-state index contributed by atoms with van der Waals surface area (Å²) in [6.45, 7) is 5.20. The minimum atomic E-state index is -0.807. The Balaban J connectivity index is 1.45. The Labute approximate surface area is 227 Å². The molecule has 6 bridgehead atoms. The maximum absolute atomic E-state index is 13.9. The molecule has 1 aromatic carbocycles. The van der Waals surface area contributed by atoms with E-state index in [1.165, 1.54) is 34.5 Å². The Bertz CT molecular complexity index is 1200. The van der Waals surface area contributed by atoms with E-state index in [2.05, 4.69) is 28.9 Å². The van der Waals surface area contributed by atoms with E-state index in [4.69, 9.17) is 14.5 Å². The van der Waals surface area contributed by atoms with Gasteiger partial charge in [0.2, 0.25) is 5.91 Å². The number of rotatable bonds is 3. The first-order chi connectivity index (χ1) is 18.4. The molecule has 1 saturated heterocycles. The Kier molecular flexibility index (Phi) is 7.88. The van der Waals surface area contributed by atoms with Gasteiger partial charge >= 0.3 is 12.1 Å². The largest absolute Gasteiger partial charge is 0.467 e. The van der Waals surface area contributed by atoms with Gasteiger partial charge in [-0.1, -0.05) is 38.5 Å². The minimum absolute atomic E-state index is 0.000165. The monoisotopic (exact) mass is 540 g/mol. The van der Waals surface area contributed by atoms with Gasteiger partial charge < -0.3 is 19.7 Å². The quantitative estimate of drug-likeness (QED) is 0.584. The molecular weight excluding hydrogens is 504 g/mol. The summed E-state index contributed by atoms with van der Waals surface area (Å²) < 4.78 is 10.9. The highest BCUT2D eigenvalue weighted by molar-refractivity contribution is 7.13. The van der Waals surface area contributed by atoms with Gasteiger partial charge in [-0.15, -0.1) is 11.3 Å². The number of methoxy groups -OCH3 is 1. The van der Waals surface area contributed by atoms with Crippen LogP contribution in [0.25, 0.3) is 0 Å². The van der Waals surface area contributed by atoms with Gasteiger partial charge in [0, 0.05) is 24.9 Å². The molecule has 1 aromatic heterocycles. The van der Waals surface area contributed by atoms with E-state index in [0.29, 0.717) is 18.2 Å². The molecule has 3 aliphatic heterocycles. The molecular formula is C28H36N4O5S. The van der Waals surface area contributed by atoms with Crippen LogP contribution < -0.4 is 5.32 Å². The van der Waals surface area contributed by atoms with Crippen LogP contribution >= 0.6 is 11.3 Å². The number of benzene rings is 1. The van der Waals surface area contributed by atoms with Crippen LogP contribution in [0, 0.1) is 5.92 Å². The van der Waals surface area contributed by atoms with E-state index in [0.717, 1.165) is 43.4 Å². The van der Waals surface area contributed by atoms with Gasteiger partial charge in [-0.2, -0.15) is 0 Å². The van der Waals surface area contributed by atoms with E-state index in [1.54, 1.807) is 4.90 Å². The summed E-state index contributed by atoms with van der Waals surface area (Å²) in [4.78, 5) is 47.8. The second kappa shape index (κ2) is 11.3. The zero-order valence-corrected chi connectivity index (χ0v) is 23.1. The summed E-state index contributed by atoms with van der Waals surface area (Å²) in [6, 6.07) is 4.91. The van der Waals surface area contributed by atoms with Crippen molar-refractivity contribution in [3.05, 3.63) is 46.0 Å². The van der Waals surface area contributed by atoms with E-state index in [9.17, 15) is 14.4 Å². The highest BCUT2D eigenvalue weighted by Gasteiger charge is 2.45. The number of aryl methyl sites for hydroxylation is 2. The fraction of sp³-hybridized carbons (Fsp3) is 0.571. The second-order valence-corrected chi connectivity index (χ2v) is 11.4. The molecule has 3 aliphatic rings. The highest BCUT2D eigenvalue weighted by atomic mass is 32.1. The van der Waals surface area contributed by atoms with Crippen molar-refractivity contribution in [2.24, 2.45) is 5.92 Å². The summed E-state index contributed by atoms with van der Waals surface area (Å²) in [5.74, 6) is -0.710. The Morgan fingerprint density at radius 1 is 1.24 bits per heavy atom. The fourth-order valence-electron chi connectivity index (χ4n) is 5.66. The molecule has 4 heterocycles. The lowest BCUT2D eigenvalue weighted by Crippen LogP contribution is -2.50. The maximum atomic E-state index is 13.9. The van der Waals surface area contributed by atoms with Crippen molar-refractivity contribution in [1.82, 2.24) is 14.8 Å². The van der Waals surface area contributed by atoms with Crippen LogP contribution in [-0.4, -0.2) is 64.6 Å². The molecule has 0 spiro atoms. The molecule has 38 heavy (non-hydrogen) atoms. The van der Waals surface area contributed by atoms with Crippen LogP contribution in [0.2, 0.25) is 0 Å². The molecule has 1 N–H and O–H groups in total. The number of nitrogens with one attached hydrogen (secondary N) is 1. The van der Waals surface area contributed by atoms with Crippen LogP contribution in [0.3, 0.4) is 0 Å². The Morgan fingerprint density at radius 3 is 2.82 bits per heavy atom. The van der Waals surface area contributed by atoms with Crippen LogP contribution in [0.15, 0.2) is 23.6 Å². The van der Waals surface area contributed by atoms with Crippen LogP contribution in [0.4, 0.5) is 9.93 Å². The lowest BCUT2D eigenvalue weighted by molar-refractivity contribution is -0.151. The lowest BCUT2D eigenvalue weighted by Gasteiger charge is -2.30. The third-order valence-electron chi connectivity index (χ3n) is 8.06. The average molecular weight is 541 g/mol. The molecule has 0 radical (unpaired) electrons. The predicted octanol–water partition coefficient (Wildman–Crippen LogP) is 4.14. The van der Waals surface area contributed by atoms with Crippen LogP contribution in [0.1, 0.15) is 61.9 Å². The van der Waals surface area contributed by atoms with E-state index < -0.39 is 30.3 Å². The number of anilines is 1. The molecule has 1 fully saturated rings. The Morgan fingerprint density at radius 2 is 2.03 bits per heavy atom. The lowest BCUT2D eigenvalue weighted by atomic mass is 9.97. The molecule has 9 nitrogen and oxygen atoms in total. The zero-order chi connectivity index (χ0) is 26.8. The Hall–Kier alpha value is -3.14. The van der Waals surface area contributed by atoms with Crippen molar-refractivity contribution in [2.45, 2.75) is 83.6 Å². The summed E-state index contributed by atoms with van der Waals surface area (Å²) in [7, 11) is 1.31. The van der Waals surface area contributed by atoms with Gasteiger partial charge in [0.25, 0.3) is 0 Å². The number of nitrogens with zero attached hydrogens (tertiary/aromatic N) is 3. The third-order valence-corrected chi connectivity index (χ3v) is 8.89. The van der Waals surface area contributed by atoms with Gasteiger partial charge in [-0.05, 0) is 48.3 Å². The average Bonchev–Trinajstić information content (AvgIpc) is 3.66. The number of fused-ring (bicyclic) bond motifs is 5. The van der Waals surface area contributed by atoms with Gasteiger partial charge in [-0.3, -0.25) is 9.69 Å². The summed E-state index contributed by atoms with van der Waals surface area (Å²) in [6.07, 6.45) is 3.82. The van der Waals surface area contributed by atoms with Gasteiger partial charge in [0.05, 0.1) is 19.3 Å². The highest BCUT2D eigenvalue weighted by Crippen LogP contribution is 2.31. The fourth-order valence-corrected chi connectivity index (χ4v) is 6.45. The van der Waals surface area contributed by atoms with E-state index >= 15 is 0 Å². The number of carbonyl (C=O) groups is 3. The smallest absolute Gasteiger partial charge is 0.410 e. The number of hydrogen-bond donors (Lipinski definition) is 1. The standard InChI is InChI=1S/C28H36N4O5S/c1-4-17(2)24-25(33)32-14-21(12-23(32)26(34)36-3)37-28(35)31-13-19-10-7-9-18(22(19)15-31)8-5-6-11-20-16-38-27(29-20)30-24/h7,9-10,16-17,21,23-24H,4-6,8,11-15H2,1-3H3,(H,29,30)/t17-,21+,23-,24-/m0/s1. The molecule has 204 valence electrons. The van der Waals surface area contributed by atoms with Crippen molar-refractivity contribution >= 4 is 34.4 Å². The maximum Gasteiger partial charge on any atom is 0.410 e. The number of aromatic nitrogens is 1. The zero-order valence-electron chi connectivity index (χ0n) is 22.3. The molecule has 2 aromatic rings. The number of amides is 2. The van der Waals surface area contributed by atoms with Crippen molar-refractivity contribution in [1.29, 1.82) is 0 Å². The van der Waals surface area contributed by atoms with E-state index in [-0.39, 0.29) is 24.8 Å². The first-order valence-corrected chi connectivity index (χ1v) is 14.4. The van der Waals surface area contributed by atoms with Crippen molar-refractivity contribution < 1.29 is 23.9 Å². The second-order valence-electron chi connectivity index (χ2n) is 10.5. The summed E-state index contributed by atoms with van der Waals surface area (Å²) >= 11 is 1.50. The summed E-state index contributed by atoms with van der Waals surface area (Å²) in [5, 5.41) is 6.12. The topological polar surface area (TPSA) is 101 Å². The van der Waals surface area contributed by atoms with Gasteiger partial charge in [-0.25, -0.2) is 14.6 Å². The van der Waals surface area contributed by atoms with Crippen LogP contribution in [-0.2, 0) is 45.0 Å². The number of ether oxygens (including phenoxy) is 2. The molecule has 10 heteroatoms. The minimum Gasteiger partial charge on any atom is -0.467 e. The first-order valence-electron chi connectivity index (χ1n) is 13.5. The summed E-state index contributed by atoms with van der Waals surface area (Å²) in [5.41, 5.74) is 4.64. The molecule has 4 atom stereocenters. The van der Waals surface area contributed by atoms with Gasteiger partial charge in [0.15, 0.2) is 5.13 Å².